The van der Waals surface area contributed by atoms with Crippen LogP contribution in [-0.4, -0.2) is 19.6 Å². The number of aromatic nitrogens is 4. The summed E-state index contributed by atoms with van der Waals surface area (Å²) in [7, 11) is 0. The minimum atomic E-state index is 0.766. The second-order valence-corrected chi connectivity index (χ2v) is 6.09. The third-order valence-electron chi connectivity index (χ3n) is 4.49. The summed E-state index contributed by atoms with van der Waals surface area (Å²) < 4.78 is 4.18. The zero-order valence-corrected chi connectivity index (χ0v) is 13.1. The molecule has 5 rings (SSSR count). The number of hydrogen-bond acceptors (Lipinski definition) is 2. The minimum absolute atomic E-state index is 0.766. The Morgan fingerprint density at radius 1 is 0.583 bits per heavy atom. The van der Waals surface area contributed by atoms with E-state index in [2.05, 4.69) is 45.8 Å². The molecule has 0 fully saturated rings. The monoisotopic (exact) mass is 312 g/mol. The molecule has 1 aliphatic rings. The van der Waals surface area contributed by atoms with E-state index >= 15 is 0 Å². The van der Waals surface area contributed by atoms with Crippen LogP contribution in [-0.2, 0) is 13.1 Å². The molecule has 0 saturated carbocycles. The van der Waals surface area contributed by atoms with Crippen molar-refractivity contribution in [1.82, 2.24) is 19.6 Å². The van der Waals surface area contributed by atoms with Gasteiger partial charge >= 0.3 is 0 Å². The van der Waals surface area contributed by atoms with Crippen molar-refractivity contribution in [2.24, 2.45) is 0 Å². The Bertz CT molecular complexity index is 874. The molecule has 3 heterocycles. The van der Waals surface area contributed by atoms with Gasteiger partial charge in [-0.05, 0) is 12.1 Å². The molecule has 0 saturated heterocycles. The van der Waals surface area contributed by atoms with Gasteiger partial charge < -0.3 is 0 Å². The largest absolute Gasteiger partial charge is 0.261 e. The lowest BCUT2D eigenvalue weighted by atomic mass is 10.1. The summed E-state index contributed by atoms with van der Waals surface area (Å²) >= 11 is 0. The average molecular weight is 312 g/mol. The molecule has 24 heavy (non-hydrogen) atoms. The number of fused-ring (bicyclic) bond motifs is 2. The van der Waals surface area contributed by atoms with Crippen molar-refractivity contribution in [3.63, 3.8) is 0 Å². The normalized spacial score (nSPS) is 12.7. The number of nitrogens with zero attached hydrogens (tertiary/aromatic N) is 4. The Morgan fingerprint density at radius 3 is 1.42 bits per heavy atom. The summed E-state index contributed by atoms with van der Waals surface area (Å²) in [5, 5.41) is 9.55. The molecule has 4 heteroatoms. The molecule has 0 bridgehead atoms. The van der Waals surface area contributed by atoms with E-state index in [0.717, 1.165) is 35.6 Å². The topological polar surface area (TPSA) is 35.6 Å². The van der Waals surface area contributed by atoms with Gasteiger partial charge in [0.25, 0.3) is 0 Å². The van der Waals surface area contributed by atoms with Gasteiger partial charge in [-0.1, -0.05) is 60.7 Å². The Kier molecular flexibility index (Phi) is 2.88. The Hall–Kier alpha value is -3.14. The third-order valence-corrected chi connectivity index (χ3v) is 4.49. The van der Waals surface area contributed by atoms with Crippen molar-refractivity contribution in [3.8, 4) is 22.5 Å². The van der Waals surface area contributed by atoms with Crippen LogP contribution in [0.25, 0.3) is 22.5 Å². The first-order valence-electron chi connectivity index (χ1n) is 8.11. The number of rotatable bonds is 2. The highest BCUT2D eigenvalue weighted by Gasteiger charge is 2.20. The molecule has 2 aromatic carbocycles. The van der Waals surface area contributed by atoms with Crippen LogP contribution in [0.1, 0.15) is 11.4 Å². The van der Waals surface area contributed by atoms with Crippen molar-refractivity contribution >= 4 is 0 Å². The van der Waals surface area contributed by atoms with Crippen molar-refractivity contribution in [2.75, 3.05) is 0 Å². The standard InChI is InChI=1S/C20H16N4/c1-3-7-15(8-4-1)19-11-17-13-24-18(14-23(17)21-19)12-20(22-24)16-9-5-2-6-10-16/h1-12H,13-14H2. The van der Waals surface area contributed by atoms with Crippen molar-refractivity contribution < 1.29 is 0 Å². The molecule has 0 spiro atoms. The average Bonchev–Trinajstić information content (AvgIpc) is 3.24. The first-order chi connectivity index (χ1) is 11.9. The molecule has 1 aliphatic heterocycles. The van der Waals surface area contributed by atoms with E-state index in [0.29, 0.717) is 0 Å². The lowest BCUT2D eigenvalue weighted by molar-refractivity contribution is 0.507. The van der Waals surface area contributed by atoms with Gasteiger partial charge in [-0.15, -0.1) is 0 Å². The van der Waals surface area contributed by atoms with Gasteiger partial charge in [-0.2, -0.15) is 10.2 Å². The Morgan fingerprint density at radius 2 is 1.00 bits per heavy atom. The molecule has 2 aromatic heterocycles. The SMILES string of the molecule is c1ccc(-c2cc3n(n2)Cc2cc(-c4ccccc4)nn2C3)cc1. The van der Waals surface area contributed by atoms with Gasteiger partial charge in [0.2, 0.25) is 0 Å². The van der Waals surface area contributed by atoms with Gasteiger partial charge in [0.05, 0.1) is 35.9 Å². The zero-order chi connectivity index (χ0) is 15.9. The van der Waals surface area contributed by atoms with E-state index in [9.17, 15) is 0 Å². The highest BCUT2D eigenvalue weighted by Crippen LogP contribution is 2.26. The molecule has 4 aromatic rings. The maximum atomic E-state index is 4.78. The summed E-state index contributed by atoms with van der Waals surface area (Å²) in [6.45, 7) is 1.53. The molecule has 0 amide bonds. The van der Waals surface area contributed by atoms with E-state index in [1.54, 1.807) is 0 Å². The lowest BCUT2D eigenvalue weighted by Crippen LogP contribution is -2.20. The first-order valence-corrected chi connectivity index (χ1v) is 8.11. The maximum absolute atomic E-state index is 4.78. The van der Waals surface area contributed by atoms with E-state index in [4.69, 9.17) is 10.2 Å². The smallest absolute Gasteiger partial charge is 0.0926 e. The molecule has 0 aliphatic carbocycles. The fourth-order valence-corrected chi connectivity index (χ4v) is 3.25. The van der Waals surface area contributed by atoms with Gasteiger partial charge in [0, 0.05) is 11.1 Å². The van der Waals surface area contributed by atoms with E-state index in [1.165, 1.54) is 11.4 Å². The van der Waals surface area contributed by atoms with Crippen LogP contribution in [0, 0.1) is 0 Å². The van der Waals surface area contributed by atoms with Crippen LogP contribution < -0.4 is 0 Å². The molecule has 4 nitrogen and oxygen atoms in total. The summed E-state index contributed by atoms with van der Waals surface area (Å²) in [5.41, 5.74) is 6.76. The summed E-state index contributed by atoms with van der Waals surface area (Å²) in [5.74, 6) is 0. The summed E-state index contributed by atoms with van der Waals surface area (Å²) in [6, 6.07) is 25.0. The lowest BCUT2D eigenvalue weighted by Gasteiger charge is -2.15. The molecule has 116 valence electrons. The van der Waals surface area contributed by atoms with Gasteiger partial charge in [0.15, 0.2) is 0 Å². The zero-order valence-electron chi connectivity index (χ0n) is 13.1. The highest BCUT2D eigenvalue weighted by atomic mass is 15.4. The minimum Gasteiger partial charge on any atom is -0.261 e. The van der Waals surface area contributed by atoms with Crippen molar-refractivity contribution in [1.29, 1.82) is 0 Å². The molecule has 0 N–H and O–H groups in total. The van der Waals surface area contributed by atoms with Gasteiger partial charge in [-0.25, -0.2) is 0 Å². The summed E-state index contributed by atoms with van der Waals surface area (Å²) in [6.07, 6.45) is 0. The number of benzene rings is 2. The third kappa shape index (κ3) is 2.15. The molecule has 0 unspecified atom stereocenters. The first kappa shape index (κ1) is 13.3. The van der Waals surface area contributed by atoms with Crippen LogP contribution in [0.2, 0.25) is 0 Å². The van der Waals surface area contributed by atoms with Crippen molar-refractivity contribution in [3.05, 3.63) is 84.2 Å². The summed E-state index contributed by atoms with van der Waals surface area (Å²) in [4.78, 5) is 0. The van der Waals surface area contributed by atoms with E-state index in [1.807, 2.05) is 36.4 Å². The van der Waals surface area contributed by atoms with Gasteiger partial charge in [0.1, 0.15) is 0 Å². The Labute approximate surface area is 140 Å². The van der Waals surface area contributed by atoms with Crippen LogP contribution in [0.4, 0.5) is 0 Å². The van der Waals surface area contributed by atoms with Crippen LogP contribution in [0.5, 0.6) is 0 Å². The second kappa shape index (κ2) is 5.20. The predicted molar refractivity (Wildman–Crippen MR) is 93.5 cm³/mol. The maximum Gasteiger partial charge on any atom is 0.0926 e. The predicted octanol–water partition coefficient (Wildman–Crippen LogP) is 3.82. The molecule has 0 atom stereocenters. The molecular weight excluding hydrogens is 296 g/mol. The van der Waals surface area contributed by atoms with Crippen LogP contribution >= 0.6 is 0 Å². The molecular formula is C20H16N4. The van der Waals surface area contributed by atoms with Crippen LogP contribution in [0.15, 0.2) is 72.8 Å². The van der Waals surface area contributed by atoms with Crippen molar-refractivity contribution in [2.45, 2.75) is 13.1 Å². The quantitative estimate of drug-likeness (QED) is 0.497. The molecule has 0 radical (unpaired) electrons. The highest BCUT2D eigenvalue weighted by molar-refractivity contribution is 5.60. The fraction of sp³-hybridized carbons (Fsp3) is 0.100. The van der Waals surface area contributed by atoms with Gasteiger partial charge in [-0.3, -0.25) is 9.36 Å². The Balaban J connectivity index is 1.49. The van der Waals surface area contributed by atoms with E-state index in [-0.39, 0.29) is 0 Å². The number of hydrogen-bond donors (Lipinski definition) is 0. The fourth-order valence-electron chi connectivity index (χ4n) is 3.25. The van der Waals surface area contributed by atoms with E-state index < -0.39 is 0 Å². The second-order valence-electron chi connectivity index (χ2n) is 6.09. The van der Waals surface area contributed by atoms with Crippen LogP contribution in [0.3, 0.4) is 0 Å².